The van der Waals surface area contributed by atoms with Crippen LogP contribution in [0.2, 0.25) is 0 Å². The van der Waals surface area contributed by atoms with E-state index in [2.05, 4.69) is 0 Å². The predicted octanol–water partition coefficient (Wildman–Crippen LogP) is 1.31. The van der Waals surface area contributed by atoms with Gasteiger partial charge in [0.15, 0.2) is 5.79 Å². The molecule has 2 fully saturated rings. The van der Waals surface area contributed by atoms with Crippen LogP contribution in [0.25, 0.3) is 0 Å². The van der Waals surface area contributed by atoms with Crippen molar-refractivity contribution in [3.63, 3.8) is 0 Å². The van der Waals surface area contributed by atoms with E-state index < -0.39 is 5.79 Å². The molecule has 104 valence electrons. The Bertz CT molecular complexity index is 479. The fraction of sp³-hybridized carbons (Fsp3) is 0.643. The number of rotatable bonds is 1. The highest BCUT2D eigenvalue weighted by Gasteiger charge is 2.41. The van der Waals surface area contributed by atoms with Gasteiger partial charge in [-0.2, -0.15) is 0 Å². The van der Waals surface area contributed by atoms with E-state index in [1.807, 2.05) is 35.6 Å². The summed E-state index contributed by atoms with van der Waals surface area (Å²) in [6.07, 6.45) is 1.53. The molecule has 0 radical (unpaired) electrons. The molecular formula is C14H20N2O3. The van der Waals surface area contributed by atoms with Gasteiger partial charge in [-0.15, -0.1) is 0 Å². The molecule has 2 saturated heterocycles. The molecule has 5 nitrogen and oxygen atoms in total. The maximum atomic E-state index is 12.5. The molecule has 1 amide bonds. The first kappa shape index (κ1) is 12.7. The van der Waals surface area contributed by atoms with Gasteiger partial charge in [-0.05, 0) is 19.1 Å². The molecule has 0 aromatic carbocycles. The standard InChI is InChI=1S/C14H20N2O3/c1-11-3-4-12(15(11)2)13(17)16-7-5-14(6-8-16)18-9-10-19-14/h3-4H,5-10H2,1-2H3. The van der Waals surface area contributed by atoms with Crippen LogP contribution in [0.3, 0.4) is 0 Å². The van der Waals surface area contributed by atoms with E-state index >= 15 is 0 Å². The number of carbonyl (C=O) groups excluding carboxylic acids is 1. The Morgan fingerprint density at radius 3 is 2.37 bits per heavy atom. The van der Waals surface area contributed by atoms with Crippen molar-refractivity contribution in [2.24, 2.45) is 7.05 Å². The van der Waals surface area contributed by atoms with Crippen LogP contribution >= 0.6 is 0 Å². The van der Waals surface area contributed by atoms with Crippen molar-refractivity contribution in [1.29, 1.82) is 0 Å². The van der Waals surface area contributed by atoms with E-state index in [9.17, 15) is 4.79 Å². The van der Waals surface area contributed by atoms with E-state index in [4.69, 9.17) is 9.47 Å². The number of nitrogens with zero attached hydrogens (tertiary/aromatic N) is 2. The first-order valence-electron chi connectivity index (χ1n) is 6.81. The lowest BCUT2D eigenvalue weighted by Gasteiger charge is -2.37. The first-order chi connectivity index (χ1) is 9.11. The molecule has 3 heterocycles. The Balaban J connectivity index is 1.68. The lowest BCUT2D eigenvalue weighted by molar-refractivity contribution is -0.181. The lowest BCUT2D eigenvalue weighted by Crippen LogP contribution is -2.47. The topological polar surface area (TPSA) is 43.7 Å². The molecule has 1 spiro atoms. The summed E-state index contributed by atoms with van der Waals surface area (Å²) in [4.78, 5) is 14.4. The molecular weight excluding hydrogens is 244 g/mol. The zero-order valence-corrected chi connectivity index (χ0v) is 11.5. The third-order valence-corrected chi connectivity index (χ3v) is 4.22. The highest BCUT2D eigenvalue weighted by Crippen LogP contribution is 2.31. The Labute approximate surface area is 113 Å². The third-order valence-electron chi connectivity index (χ3n) is 4.22. The molecule has 1 aromatic rings. The smallest absolute Gasteiger partial charge is 0.270 e. The third kappa shape index (κ3) is 2.17. The highest BCUT2D eigenvalue weighted by molar-refractivity contribution is 5.93. The minimum atomic E-state index is -0.416. The summed E-state index contributed by atoms with van der Waals surface area (Å²) in [5.74, 6) is -0.315. The molecule has 0 saturated carbocycles. The normalized spacial score (nSPS) is 22.1. The summed E-state index contributed by atoms with van der Waals surface area (Å²) in [5.41, 5.74) is 1.85. The fourth-order valence-electron chi connectivity index (χ4n) is 2.83. The van der Waals surface area contributed by atoms with E-state index in [0.717, 1.165) is 24.2 Å². The second-order valence-electron chi connectivity index (χ2n) is 5.32. The molecule has 0 bridgehead atoms. The fourth-order valence-corrected chi connectivity index (χ4v) is 2.83. The zero-order valence-electron chi connectivity index (χ0n) is 11.5. The van der Waals surface area contributed by atoms with Crippen LogP contribution in [0.15, 0.2) is 12.1 Å². The summed E-state index contributed by atoms with van der Waals surface area (Å²) in [6.45, 7) is 4.74. The Hall–Kier alpha value is -1.33. The van der Waals surface area contributed by atoms with Crippen LogP contribution in [-0.4, -0.2) is 47.5 Å². The Morgan fingerprint density at radius 2 is 1.84 bits per heavy atom. The van der Waals surface area contributed by atoms with Gasteiger partial charge >= 0.3 is 0 Å². The van der Waals surface area contributed by atoms with E-state index in [1.54, 1.807) is 0 Å². The van der Waals surface area contributed by atoms with Crippen LogP contribution in [0, 0.1) is 6.92 Å². The average molecular weight is 264 g/mol. The van der Waals surface area contributed by atoms with Crippen LogP contribution in [0.5, 0.6) is 0 Å². The maximum absolute atomic E-state index is 12.5. The van der Waals surface area contributed by atoms with Gasteiger partial charge in [-0.1, -0.05) is 0 Å². The van der Waals surface area contributed by atoms with Crippen molar-refractivity contribution in [2.45, 2.75) is 25.6 Å². The number of hydrogen-bond acceptors (Lipinski definition) is 3. The molecule has 19 heavy (non-hydrogen) atoms. The van der Waals surface area contributed by atoms with Crippen molar-refractivity contribution in [3.8, 4) is 0 Å². The van der Waals surface area contributed by atoms with Gasteiger partial charge in [0.05, 0.1) is 13.2 Å². The number of hydrogen-bond donors (Lipinski definition) is 0. The second kappa shape index (κ2) is 4.65. The molecule has 2 aliphatic rings. The van der Waals surface area contributed by atoms with Crippen molar-refractivity contribution >= 4 is 5.91 Å². The van der Waals surface area contributed by atoms with E-state index in [1.165, 1.54) is 0 Å². The quantitative estimate of drug-likeness (QED) is 0.768. The zero-order chi connectivity index (χ0) is 13.5. The molecule has 0 atom stereocenters. The average Bonchev–Trinajstić information content (AvgIpc) is 2.99. The van der Waals surface area contributed by atoms with Crippen LogP contribution in [-0.2, 0) is 16.5 Å². The van der Waals surface area contributed by atoms with E-state index in [0.29, 0.717) is 26.3 Å². The van der Waals surface area contributed by atoms with Gasteiger partial charge in [-0.25, -0.2) is 0 Å². The highest BCUT2D eigenvalue weighted by atomic mass is 16.7. The maximum Gasteiger partial charge on any atom is 0.270 e. The SMILES string of the molecule is Cc1ccc(C(=O)N2CCC3(CC2)OCCO3)n1C. The second-order valence-corrected chi connectivity index (χ2v) is 5.32. The number of ether oxygens (including phenoxy) is 2. The number of likely N-dealkylation sites (tertiary alicyclic amines) is 1. The van der Waals surface area contributed by atoms with Gasteiger partial charge in [0.25, 0.3) is 5.91 Å². The minimum Gasteiger partial charge on any atom is -0.347 e. The summed E-state index contributed by atoms with van der Waals surface area (Å²) in [6, 6.07) is 3.87. The lowest BCUT2D eigenvalue weighted by atomic mass is 10.0. The molecule has 2 aliphatic heterocycles. The predicted molar refractivity (Wildman–Crippen MR) is 69.9 cm³/mol. The summed E-state index contributed by atoms with van der Waals surface area (Å²) in [7, 11) is 1.93. The van der Waals surface area contributed by atoms with Crippen molar-refractivity contribution < 1.29 is 14.3 Å². The monoisotopic (exact) mass is 264 g/mol. The molecule has 1 aromatic heterocycles. The molecule has 3 rings (SSSR count). The minimum absolute atomic E-state index is 0.100. The van der Waals surface area contributed by atoms with Gasteiger partial charge in [-0.3, -0.25) is 4.79 Å². The van der Waals surface area contributed by atoms with Crippen LogP contribution < -0.4 is 0 Å². The number of amides is 1. The summed E-state index contributed by atoms with van der Waals surface area (Å²) >= 11 is 0. The van der Waals surface area contributed by atoms with E-state index in [-0.39, 0.29) is 5.91 Å². The van der Waals surface area contributed by atoms with Crippen molar-refractivity contribution in [1.82, 2.24) is 9.47 Å². The van der Waals surface area contributed by atoms with Crippen LogP contribution in [0.1, 0.15) is 29.0 Å². The van der Waals surface area contributed by atoms with Gasteiger partial charge < -0.3 is 18.9 Å². The molecule has 0 unspecified atom stereocenters. The van der Waals surface area contributed by atoms with Gasteiger partial charge in [0.1, 0.15) is 5.69 Å². The molecule has 0 N–H and O–H groups in total. The Morgan fingerprint density at radius 1 is 1.21 bits per heavy atom. The Kier molecular flexibility index (Phi) is 3.11. The number of aromatic nitrogens is 1. The molecule has 5 heteroatoms. The van der Waals surface area contributed by atoms with Gasteiger partial charge in [0, 0.05) is 38.7 Å². The van der Waals surface area contributed by atoms with Gasteiger partial charge in [0.2, 0.25) is 0 Å². The first-order valence-corrected chi connectivity index (χ1v) is 6.81. The summed E-state index contributed by atoms with van der Waals surface area (Å²) < 4.78 is 13.3. The molecule has 0 aliphatic carbocycles. The summed E-state index contributed by atoms with van der Waals surface area (Å²) in [5, 5.41) is 0. The number of piperidine rings is 1. The van der Waals surface area contributed by atoms with Crippen LogP contribution in [0.4, 0.5) is 0 Å². The number of carbonyl (C=O) groups is 1. The van der Waals surface area contributed by atoms with Crippen molar-refractivity contribution in [3.05, 3.63) is 23.5 Å². The van der Waals surface area contributed by atoms with Crippen molar-refractivity contribution in [2.75, 3.05) is 26.3 Å². The largest absolute Gasteiger partial charge is 0.347 e. The number of aryl methyl sites for hydroxylation is 1.